The Labute approximate surface area is 126 Å². The monoisotopic (exact) mass is 300 g/mol. The molecule has 0 radical (unpaired) electrons. The van der Waals surface area contributed by atoms with Crippen molar-refractivity contribution in [2.45, 2.75) is 60.3 Å². The Hall–Kier alpha value is -1.07. The molecule has 116 valence electrons. The Kier molecular flexibility index (Phi) is 8.49. The second-order valence-corrected chi connectivity index (χ2v) is 6.34. The summed E-state index contributed by atoms with van der Waals surface area (Å²) in [4.78, 5) is 13.6. The summed E-state index contributed by atoms with van der Waals surface area (Å²) in [6, 6.07) is 2.03. The first-order chi connectivity index (χ1) is 9.35. The summed E-state index contributed by atoms with van der Waals surface area (Å²) >= 11 is 1.52. The third kappa shape index (κ3) is 6.91. The quantitative estimate of drug-likeness (QED) is 0.816. The van der Waals surface area contributed by atoms with E-state index in [0.29, 0.717) is 19.7 Å². The highest BCUT2D eigenvalue weighted by atomic mass is 32.1. The van der Waals surface area contributed by atoms with E-state index in [9.17, 15) is 4.79 Å². The molecule has 0 aliphatic rings. The minimum absolute atomic E-state index is 0.174. The van der Waals surface area contributed by atoms with Crippen molar-refractivity contribution >= 4 is 22.7 Å². The molecule has 2 N–H and O–H groups in total. The molecular weight excluding hydrogens is 272 g/mol. The van der Waals surface area contributed by atoms with Gasteiger partial charge in [-0.3, -0.25) is 4.79 Å². The number of carbonyl (C=O) groups is 1. The third-order valence-electron chi connectivity index (χ3n) is 2.47. The van der Waals surface area contributed by atoms with Gasteiger partial charge in [0.15, 0.2) is 0 Å². The lowest BCUT2D eigenvalue weighted by molar-refractivity contribution is -0.118. The van der Waals surface area contributed by atoms with Crippen molar-refractivity contribution in [3.63, 3.8) is 0 Å². The minimum atomic E-state index is -0.174. The fourth-order valence-corrected chi connectivity index (χ4v) is 2.37. The lowest BCUT2D eigenvalue weighted by Crippen LogP contribution is -2.20. The number of hydrogen-bond acceptors (Lipinski definition) is 4. The predicted molar refractivity (Wildman–Crippen MR) is 86.8 cm³/mol. The molecule has 0 aliphatic carbocycles. The smallest absolute Gasteiger partial charge is 0.210 e. The molecule has 1 rings (SSSR count). The number of rotatable bonds is 6. The molecule has 0 saturated heterocycles. The van der Waals surface area contributed by atoms with Gasteiger partial charge in [-0.2, -0.15) is 0 Å². The van der Waals surface area contributed by atoms with Gasteiger partial charge in [-0.1, -0.05) is 13.8 Å². The van der Waals surface area contributed by atoms with Gasteiger partial charge in [0.05, 0.1) is 23.8 Å². The highest BCUT2D eigenvalue weighted by Gasteiger charge is 2.14. The van der Waals surface area contributed by atoms with Gasteiger partial charge in [-0.25, -0.2) is 0 Å². The van der Waals surface area contributed by atoms with Gasteiger partial charge in [-0.05, 0) is 33.8 Å². The second-order valence-electron chi connectivity index (χ2n) is 5.17. The molecule has 0 aliphatic heterocycles. The van der Waals surface area contributed by atoms with Crippen molar-refractivity contribution in [1.82, 2.24) is 4.90 Å². The zero-order valence-electron chi connectivity index (χ0n) is 13.5. The molecule has 1 amide bonds. The molecule has 0 unspecified atom stereocenters. The Balaban J connectivity index is 0.00000172. The van der Waals surface area contributed by atoms with Crippen molar-refractivity contribution in [2.24, 2.45) is 0 Å². The van der Waals surface area contributed by atoms with E-state index in [0.717, 1.165) is 21.9 Å². The first kappa shape index (κ1) is 18.9. The molecule has 0 spiro atoms. The van der Waals surface area contributed by atoms with Gasteiger partial charge in [0, 0.05) is 17.0 Å². The lowest BCUT2D eigenvalue weighted by atomic mass is 10.2. The normalized spacial score (nSPS) is 10.7. The maximum absolute atomic E-state index is 10.8. The van der Waals surface area contributed by atoms with Gasteiger partial charge in [-0.15, -0.1) is 11.3 Å². The number of carbonyl (C=O) groups excluding carboxylic acids is 1. The van der Waals surface area contributed by atoms with Crippen LogP contribution in [0.15, 0.2) is 6.07 Å². The topological polar surface area (TPSA) is 55.6 Å². The van der Waals surface area contributed by atoms with E-state index in [2.05, 4.69) is 0 Å². The van der Waals surface area contributed by atoms with Gasteiger partial charge in [0.1, 0.15) is 0 Å². The maximum atomic E-state index is 10.8. The number of anilines is 1. The van der Waals surface area contributed by atoms with Crippen molar-refractivity contribution < 1.29 is 9.53 Å². The molecule has 1 aromatic heterocycles. The number of amides is 1. The van der Waals surface area contributed by atoms with Gasteiger partial charge >= 0.3 is 0 Å². The Morgan fingerprint density at radius 1 is 1.40 bits per heavy atom. The van der Waals surface area contributed by atoms with E-state index < -0.39 is 0 Å². The summed E-state index contributed by atoms with van der Waals surface area (Å²) in [6.45, 7) is 13.8. The number of hydrogen-bond donors (Lipinski definition) is 1. The second kappa shape index (κ2) is 8.97. The average Bonchev–Trinajstić information content (AvgIpc) is 2.75. The number of nitrogens with two attached hydrogens (primary N) is 1. The van der Waals surface area contributed by atoms with Crippen LogP contribution in [0, 0.1) is 0 Å². The van der Waals surface area contributed by atoms with Crippen LogP contribution in [0.25, 0.3) is 0 Å². The summed E-state index contributed by atoms with van der Waals surface area (Å²) in [5, 5.41) is 0.774. The molecule has 0 bridgehead atoms. The molecule has 0 atom stereocenters. The molecular formula is C15H28N2O2S. The minimum Gasteiger partial charge on any atom is -0.390 e. The maximum Gasteiger partial charge on any atom is 0.210 e. The summed E-state index contributed by atoms with van der Waals surface area (Å²) in [6.07, 6.45) is 0.862. The highest BCUT2D eigenvalue weighted by molar-refractivity contribution is 7.16. The summed E-state index contributed by atoms with van der Waals surface area (Å²) in [5.41, 5.74) is 6.79. The zero-order chi connectivity index (χ0) is 15.8. The Morgan fingerprint density at radius 2 is 2.00 bits per heavy atom. The van der Waals surface area contributed by atoms with Crippen molar-refractivity contribution in [2.75, 3.05) is 12.3 Å². The molecule has 4 nitrogen and oxygen atoms in total. The van der Waals surface area contributed by atoms with Crippen LogP contribution in [0.4, 0.5) is 5.00 Å². The van der Waals surface area contributed by atoms with Crippen molar-refractivity contribution in [3.8, 4) is 0 Å². The van der Waals surface area contributed by atoms with Gasteiger partial charge in [0.2, 0.25) is 6.41 Å². The van der Waals surface area contributed by atoms with Crippen LogP contribution in [-0.2, 0) is 22.7 Å². The standard InChI is InChI=1S/C13H22N2O2S.C2H6/c1-5-15(9-16)7-11-6-10(12(14)18-11)8-17-13(2,3)4;1-2/h6,9H,5,7-8,14H2,1-4H3;1-2H3. The van der Waals surface area contributed by atoms with E-state index in [1.165, 1.54) is 11.3 Å². The summed E-state index contributed by atoms with van der Waals surface area (Å²) < 4.78 is 5.71. The average molecular weight is 300 g/mol. The molecule has 0 saturated carbocycles. The largest absolute Gasteiger partial charge is 0.390 e. The molecule has 20 heavy (non-hydrogen) atoms. The van der Waals surface area contributed by atoms with Gasteiger partial charge in [0.25, 0.3) is 0 Å². The van der Waals surface area contributed by atoms with E-state index in [-0.39, 0.29) is 5.60 Å². The molecule has 1 heterocycles. The summed E-state index contributed by atoms with van der Waals surface area (Å²) in [5.74, 6) is 0. The molecule has 1 aromatic rings. The molecule has 0 aromatic carbocycles. The third-order valence-corrected chi connectivity index (χ3v) is 3.46. The van der Waals surface area contributed by atoms with E-state index in [4.69, 9.17) is 10.5 Å². The van der Waals surface area contributed by atoms with Crippen LogP contribution >= 0.6 is 11.3 Å². The number of nitrogen functional groups attached to an aromatic ring is 1. The first-order valence-corrected chi connectivity index (χ1v) is 7.87. The lowest BCUT2D eigenvalue weighted by Gasteiger charge is -2.19. The summed E-state index contributed by atoms with van der Waals surface area (Å²) in [7, 11) is 0. The van der Waals surface area contributed by atoms with Crippen LogP contribution in [0.3, 0.4) is 0 Å². The van der Waals surface area contributed by atoms with Crippen LogP contribution < -0.4 is 5.73 Å². The Morgan fingerprint density at radius 3 is 2.45 bits per heavy atom. The number of nitrogens with zero attached hydrogens (tertiary/aromatic N) is 1. The fourth-order valence-electron chi connectivity index (χ4n) is 1.41. The SMILES string of the molecule is CC.CCN(C=O)Cc1cc(COC(C)(C)C)c(N)s1. The number of thiophene rings is 1. The van der Waals surface area contributed by atoms with E-state index in [1.54, 1.807) is 4.90 Å². The van der Waals surface area contributed by atoms with Crippen LogP contribution in [0.2, 0.25) is 0 Å². The van der Waals surface area contributed by atoms with Crippen molar-refractivity contribution in [1.29, 1.82) is 0 Å². The number of ether oxygens (including phenoxy) is 1. The van der Waals surface area contributed by atoms with Crippen LogP contribution in [0.5, 0.6) is 0 Å². The van der Waals surface area contributed by atoms with E-state index in [1.807, 2.05) is 47.6 Å². The van der Waals surface area contributed by atoms with Crippen LogP contribution in [-0.4, -0.2) is 23.5 Å². The molecule has 0 fully saturated rings. The van der Waals surface area contributed by atoms with E-state index >= 15 is 0 Å². The van der Waals surface area contributed by atoms with Crippen LogP contribution in [0.1, 0.15) is 52.0 Å². The predicted octanol–water partition coefficient (Wildman–Crippen LogP) is 3.65. The molecule has 5 heteroatoms. The van der Waals surface area contributed by atoms with Crippen molar-refractivity contribution in [3.05, 3.63) is 16.5 Å². The van der Waals surface area contributed by atoms with Gasteiger partial charge < -0.3 is 15.4 Å². The Bertz CT molecular complexity index is 397. The zero-order valence-corrected chi connectivity index (χ0v) is 14.3. The highest BCUT2D eigenvalue weighted by Crippen LogP contribution is 2.27. The fraction of sp³-hybridized carbons (Fsp3) is 0.667. The first-order valence-electron chi connectivity index (χ1n) is 7.06.